The summed E-state index contributed by atoms with van der Waals surface area (Å²) in [5, 5.41) is 3.28. The van der Waals surface area contributed by atoms with E-state index in [1.165, 1.54) is 0 Å². The molecule has 3 N–H and O–H groups in total. The van der Waals surface area contributed by atoms with Crippen LogP contribution in [-0.4, -0.2) is 55.0 Å². The molecule has 0 aromatic heterocycles. The molecule has 82 valence electrons. The highest BCUT2D eigenvalue weighted by atomic mass is 32.2. The average Bonchev–Trinajstić information content (AvgIpc) is 2.46. The van der Waals surface area contributed by atoms with Crippen LogP contribution in [-0.2, 0) is 4.79 Å². The molecule has 5 heteroatoms. The number of nitrogens with two attached hydrogens (primary N) is 1. The largest absolute Gasteiger partial charge is 0.341 e. The van der Waals surface area contributed by atoms with Gasteiger partial charge in [-0.25, -0.2) is 0 Å². The third-order valence-corrected chi connectivity index (χ3v) is 3.16. The third-order valence-electron chi connectivity index (χ3n) is 2.18. The van der Waals surface area contributed by atoms with Crippen LogP contribution in [0.4, 0.5) is 0 Å². The zero-order chi connectivity index (χ0) is 10.2. The van der Waals surface area contributed by atoms with Crippen molar-refractivity contribution in [3.63, 3.8) is 0 Å². The number of hydrogen-bond acceptors (Lipinski definition) is 4. The molecule has 0 aromatic carbocycles. The molecule has 0 aliphatic carbocycles. The molecular formula is C9H19N3OS. The van der Waals surface area contributed by atoms with Crippen LogP contribution in [0.2, 0.25) is 0 Å². The number of rotatable bonds is 4. The van der Waals surface area contributed by atoms with E-state index < -0.39 is 0 Å². The van der Waals surface area contributed by atoms with Crippen LogP contribution in [0.5, 0.6) is 0 Å². The van der Waals surface area contributed by atoms with Crippen LogP contribution in [0, 0.1) is 0 Å². The highest BCUT2D eigenvalue weighted by molar-refractivity contribution is 7.99. The number of thioether (sulfide) groups is 1. The van der Waals surface area contributed by atoms with E-state index in [1.54, 1.807) is 11.8 Å². The molecule has 0 spiro atoms. The highest BCUT2D eigenvalue weighted by Gasteiger charge is 2.14. The zero-order valence-corrected chi connectivity index (χ0v) is 9.31. The summed E-state index contributed by atoms with van der Waals surface area (Å²) in [6.45, 7) is 4.35. The summed E-state index contributed by atoms with van der Waals surface area (Å²) in [5.74, 6) is 1.71. The minimum atomic E-state index is 0.257. The van der Waals surface area contributed by atoms with Crippen LogP contribution < -0.4 is 11.1 Å². The zero-order valence-electron chi connectivity index (χ0n) is 8.50. The predicted molar refractivity (Wildman–Crippen MR) is 60.4 cm³/mol. The summed E-state index contributed by atoms with van der Waals surface area (Å²) in [6.07, 6.45) is 1.06. The van der Waals surface area contributed by atoms with Gasteiger partial charge in [0.05, 0.1) is 5.75 Å². The van der Waals surface area contributed by atoms with Crippen LogP contribution in [0.1, 0.15) is 6.42 Å². The van der Waals surface area contributed by atoms with Gasteiger partial charge >= 0.3 is 0 Å². The molecule has 1 rings (SSSR count). The molecule has 1 aliphatic rings. The lowest BCUT2D eigenvalue weighted by Crippen LogP contribution is -2.35. The summed E-state index contributed by atoms with van der Waals surface area (Å²) in [4.78, 5) is 13.6. The SMILES string of the molecule is NCCSCC(=O)N1CCCNCC1. The van der Waals surface area contributed by atoms with Crippen molar-refractivity contribution in [2.75, 3.05) is 44.2 Å². The Morgan fingerprint density at radius 2 is 2.29 bits per heavy atom. The van der Waals surface area contributed by atoms with Gasteiger partial charge in [0, 0.05) is 31.9 Å². The van der Waals surface area contributed by atoms with Crippen LogP contribution in [0.25, 0.3) is 0 Å². The Labute approximate surface area is 89.6 Å². The van der Waals surface area contributed by atoms with Gasteiger partial charge in [0.15, 0.2) is 0 Å². The second-order valence-corrected chi connectivity index (χ2v) is 4.43. The topological polar surface area (TPSA) is 58.4 Å². The smallest absolute Gasteiger partial charge is 0.232 e. The van der Waals surface area contributed by atoms with E-state index in [2.05, 4.69) is 5.32 Å². The fourth-order valence-electron chi connectivity index (χ4n) is 1.43. The van der Waals surface area contributed by atoms with Crippen molar-refractivity contribution in [2.24, 2.45) is 5.73 Å². The molecule has 0 radical (unpaired) electrons. The average molecular weight is 217 g/mol. The summed E-state index contributed by atoms with van der Waals surface area (Å²) in [7, 11) is 0. The van der Waals surface area contributed by atoms with Gasteiger partial charge in [-0.2, -0.15) is 11.8 Å². The number of nitrogens with one attached hydrogen (secondary N) is 1. The maximum Gasteiger partial charge on any atom is 0.232 e. The van der Waals surface area contributed by atoms with E-state index in [-0.39, 0.29) is 5.91 Å². The third kappa shape index (κ3) is 4.30. The Balaban J connectivity index is 2.20. The molecule has 0 bridgehead atoms. The van der Waals surface area contributed by atoms with Crippen molar-refractivity contribution in [3.05, 3.63) is 0 Å². The van der Waals surface area contributed by atoms with Crippen molar-refractivity contribution in [1.29, 1.82) is 0 Å². The van der Waals surface area contributed by atoms with Gasteiger partial charge in [-0.1, -0.05) is 0 Å². The van der Waals surface area contributed by atoms with Gasteiger partial charge < -0.3 is 16.0 Å². The number of nitrogens with zero attached hydrogens (tertiary/aromatic N) is 1. The first-order valence-electron chi connectivity index (χ1n) is 5.11. The Morgan fingerprint density at radius 3 is 3.07 bits per heavy atom. The Bertz CT molecular complexity index is 169. The van der Waals surface area contributed by atoms with Crippen LogP contribution >= 0.6 is 11.8 Å². The molecule has 14 heavy (non-hydrogen) atoms. The lowest BCUT2D eigenvalue weighted by molar-refractivity contribution is -0.128. The number of carbonyl (C=O) groups is 1. The number of hydrogen-bond donors (Lipinski definition) is 2. The van der Waals surface area contributed by atoms with Crippen molar-refractivity contribution in [3.8, 4) is 0 Å². The second-order valence-electron chi connectivity index (χ2n) is 3.33. The standard InChI is InChI=1S/C9H19N3OS/c10-2-7-14-8-9(13)12-5-1-3-11-4-6-12/h11H,1-8,10H2. The first-order valence-corrected chi connectivity index (χ1v) is 6.26. The van der Waals surface area contributed by atoms with Crippen molar-refractivity contribution in [1.82, 2.24) is 10.2 Å². The maximum atomic E-state index is 11.7. The van der Waals surface area contributed by atoms with Crippen molar-refractivity contribution < 1.29 is 4.79 Å². The Hall–Kier alpha value is -0.260. The van der Waals surface area contributed by atoms with E-state index >= 15 is 0 Å². The normalized spacial score (nSPS) is 17.9. The second kappa shape index (κ2) is 7.09. The van der Waals surface area contributed by atoms with E-state index in [0.717, 1.165) is 38.4 Å². The van der Waals surface area contributed by atoms with E-state index in [4.69, 9.17) is 5.73 Å². The Kier molecular flexibility index (Phi) is 5.98. The van der Waals surface area contributed by atoms with E-state index in [9.17, 15) is 4.79 Å². The number of amides is 1. The highest BCUT2D eigenvalue weighted by Crippen LogP contribution is 2.03. The minimum absolute atomic E-state index is 0.257. The molecule has 1 amide bonds. The maximum absolute atomic E-state index is 11.7. The summed E-state index contributed by atoms with van der Waals surface area (Å²) in [6, 6.07) is 0. The fourth-order valence-corrected chi connectivity index (χ4v) is 2.10. The van der Waals surface area contributed by atoms with Gasteiger partial charge in [-0.15, -0.1) is 0 Å². The molecule has 4 nitrogen and oxygen atoms in total. The Morgan fingerprint density at radius 1 is 1.43 bits per heavy atom. The summed E-state index contributed by atoms with van der Waals surface area (Å²) >= 11 is 1.63. The molecule has 1 saturated heterocycles. The monoisotopic (exact) mass is 217 g/mol. The first-order chi connectivity index (χ1) is 6.84. The fraction of sp³-hybridized carbons (Fsp3) is 0.889. The molecule has 1 fully saturated rings. The minimum Gasteiger partial charge on any atom is -0.341 e. The molecular weight excluding hydrogens is 198 g/mol. The van der Waals surface area contributed by atoms with Crippen LogP contribution in [0.3, 0.4) is 0 Å². The van der Waals surface area contributed by atoms with Gasteiger partial charge in [0.1, 0.15) is 0 Å². The van der Waals surface area contributed by atoms with Gasteiger partial charge in [-0.05, 0) is 13.0 Å². The van der Waals surface area contributed by atoms with Gasteiger partial charge in [0.2, 0.25) is 5.91 Å². The predicted octanol–water partition coefficient (Wildman–Crippen LogP) is -0.500. The van der Waals surface area contributed by atoms with Crippen molar-refractivity contribution >= 4 is 17.7 Å². The molecule has 0 atom stereocenters. The summed E-state index contributed by atoms with van der Waals surface area (Å²) in [5.41, 5.74) is 5.36. The molecule has 1 heterocycles. The molecule has 0 aromatic rings. The van der Waals surface area contributed by atoms with Gasteiger partial charge in [-0.3, -0.25) is 4.79 Å². The molecule has 0 unspecified atom stereocenters. The van der Waals surface area contributed by atoms with Crippen LogP contribution in [0.15, 0.2) is 0 Å². The summed E-state index contributed by atoms with van der Waals surface area (Å²) < 4.78 is 0. The molecule has 0 saturated carbocycles. The quantitative estimate of drug-likeness (QED) is 0.623. The van der Waals surface area contributed by atoms with E-state index in [1.807, 2.05) is 4.90 Å². The van der Waals surface area contributed by atoms with Crippen molar-refractivity contribution in [2.45, 2.75) is 6.42 Å². The molecule has 1 aliphatic heterocycles. The lowest BCUT2D eigenvalue weighted by atomic mass is 10.4. The van der Waals surface area contributed by atoms with E-state index in [0.29, 0.717) is 12.3 Å². The first kappa shape index (κ1) is 11.8. The lowest BCUT2D eigenvalue weighted by Gasteiger charge is -2.19. The van der Waals surface area contributed by atoms with Gasteiger partial charge in [0.25, 0.3) is 0 Å². The number of carbonyl (C=O) groups excluding carboxylic acids is 1.